The molecule has 1 aliphatic rings. The number of amides is 1. The van der Waals surface area contributed by atoms with Crippen molar-refractivity contribution in [3.05, 3.63) is 53.1 Å². The summed E-state index contributed by atoms with van der Waals surface area (Å²) in [5.41, 5.74) is 2.63. The van der Waals surface area contributed by atoms with Gasteiger partial charge < -0.3 is 5.32 Å². The Morgan fingerprint density at radius 1 is 1.26 bits per heavy atom. The second-order valence-electron chi connectivity index (χ2n) is 4.36. The molecule has 1 aromatic carbocycles. The first-order chi connectivity index (χ1) is 9.20. The Morgan fingerprint density at radius 2 is 1.95 bits per heavy atom. The van der Waals surface area contributed by atoms with Gasteiger partial charge in [0.05, 0.1) is 5.57 Å². The van der Waals surface area contributed by atoms with Crippen LogP contribution in [-0.4, -0.2) is 18.2 Å². The number of Topliss-reactive ketones (excluding diaryl/α,β-unsaturated/α-hetero) is 1. The van der Waals surface area contributed by atoms with E-state index >= 15 is 0 Å². The van der Waals surface area contributed by atoms with Gasteiger partial charge >= 0.3 is 0 Å². The molecule has 3 nitrogen and oxygen atoms in total. The molecule has 0 aliphatic heterocycles. The minimum absolute atomic E-state index is 0.166. The maximum Gasteiger partial charge on any atom is 0.255 e. The largest absolute Gasteiger partial charge is 0.352 e. The maximum absolute atomic E-state index is 12.3. The van der Waals surface area contributed by atoms with Crippen LogP contribution in [0.1, 0.15) is 36.2 Å². The van der Waals surface area contributed by atoms with E-state index in [-0.39, 0.29) is 11.7 Å². The van der Waals surface area contributed by atoms with Gasteiger partial charge in [0, 0.05) is 12.1 Å². The first-order valence-electron chi connectivity index (χ1n) is 6.47. The molecule has 0 saturated heterocycles. The summed E-state index contributed by atoms with van der Waals surface area (Å²) in [6.07, 6.45) is 4.49. The smallest absolute Gasteiger partial charge is 0.255 e. The van der Waals surface area contributed by atoms with Crippen molar-refractivity contribution < 1.29 is 9.59 Å². The topological polar surface area (TPSA) is 46.2 Å². The van der Waals surface area contributed by atoms with Crippen molar-refractivity contribution in [1.29, 1.82) is 0 Å². The highest BCUT2D eigenvalue weighted by molar-refractivity contribution is 6.34. The molecule has 0 radical (unpaired) electrons. The van der Waals surface area contributed by atoms with Crippen LogP contribution in [0.5, 0.6) is 0 Å². The first kappa shape index (κ1) is 13.3. The van der Waals surface area contributed by atoms with Crippen molar-refractivity contribution in [3.8, 4) is 0 Å². The Bertz CT molecular complexity index is 582. The second-order valence-corrected chi connectivity index (χ2v) is 4.36. The van der Waals surface area contributed by atoms with E-state index in [1.165, 1.54) is 0 Å². The van der Waals surface area contributed by atoms with E-state index in [9.17, 15) is 9.59 Å². The number of carbonyl (C=O) groups is 2. The number of hydrogen-bond donors (Lipinski definition) is 1. The molecule has 0 spiro atoms. The molecule has 0 heterocycles. The number of hydrogen-bond acceptors (Lipinski definition) is 2. The third-order valence-electron chi connectivity index (χ3n) is 3.15. The number of ketones is 1. The third kappa shape index (κ3) is 2.36. The summed E-state index contributed by atoms with van der Waals surface area (Å²) < 4.78 is 0. The SMILES string of the molecule is C/C=C/CC1=C(C(=O)NCC)C(=O)c2ccccc21. The Hall–Kier alpha value is -2.16. The molecular weight excluding hydrogens is 238 g/mol. The molecular formula is C16H17NO2. The minimum atomic E-state index is -0.275. The molecule has 0 saturated carbocycles. The molecule has 19 heavy (non-hydrogen) atoms. The molecule has 0 unspecified atom stereocenters. The maximum atomic E-state index is 12.3. The number of nitrogens with one attached hydrogen (secondary N) is 1. The van der Waals surface area contributed by atoms with Crippen molar-refractivity contribution in [2.24, 2.45) is 0 Å². The third-order valence-corrected chi connectivity index (χ3v) is 3.15. The summed E-state index contributed by atoms with van der Waals surface area (Å²) in [5, 5.41) is 2.72. The lowest BCUT2D eigenvalue weighted by Gasteiger charge is -2.05. The lowest BCUT2D eigenvalue weighted by Crippen LogP contribution is -2.27. The highest BCUT2D eigenvalue weighted by Crippen LogP contribution is 2.35. The summed E-state index contributed by atoms with van der Waals surface area (Å²) in [5.74, 6) is -0.441. The van der Waals surface area contributed by atoms with E-state index in [2.05, 4.69) is 5.32 Å². The summed E-state index contributed by atoms with van der Waals surface area (Å²) in [6.45, 7) is 4.29. The number of rotatable bonds is 4. The van der Waals surface area contributed by atoms with Gasteiger partial charge in [-0.25, -0.2) is 0 Å². The molecule has 1 amide bonds. The summed E-state index contributed by atoms with van der Waals surface area (Å²) in [7, 11) is 0. The van der Waals surface area contributed by atoms with Crippen LogP contribution >= 0.6 is 0 Å². The fourth-order valence-electron chi connectivity index (χ4n) is 2.29. The monoisotopic (exact) mass is 255 g/mol. The standard InChI is InChI=1S/C16H17NO2/c1-3-5-8-12-11-9-6-7-10-13(11)15(18)14(12)16(19)17-4-2/h3,5-7,9-10H,4,8H2,1-2H3,(H,17,19)/b5-3+. The van der Waals surface area contributed by atoms with Crippen molar-refractivity contribution in [2.45, 2.75) is 20.3 Å². The Balaban J connectivity index is 2.51. The summed E-state index contributed by atoms with van der Waals surface area (Å²) >= 11 is 0. The van der Waals surface area contributed by atoms with E-state index in [4.69, 9.17) is 0 Å². The van der Waals surface area contributed by atoms with Gasteiger partial charge in [0.2, 0.25) is 0 Å². The second kappa shape index (κ2) is 5.65. The minimum Gasteiger partial charge on any atom is -0.352 e. The van der Waals surface area contributed by atoms with Gasteiger partial charge in [-0.3, -0.25) is 9.59 Å². The van der Waals surface area contributed by atoms with Gasteiger partial charge in [-0.2, -0.15) is 0 Å². The number of benzene rings is 1. The highest BCUT2D eigenvalue weighted by Gasteiger charge is 2.32. The van der Waals surface area contributed by atoms with Gasteiger partial charge in [-0.1, -0.05) is 36.4 Å². The average molecular weight is 255 g/mol. The predicted molar refractivity (Wildman–Crippen MR) is 75.8 cm³/mol. The predicted octanol–water partition coefficient (Wildman–Crippen LogP) is 2.74. The number of carbonyl (C=O) groups excluding carboxylic acids is 2. The molecule has 1 aliphatic carbocycles. The molecule has 1 aromatic rings. The van der Waals surface area contributed by atoms with Crippen LogP contribution in [-0.2, 0) is 4.79 Å². The molecule has 3 heteroatoms. The first-order valence-corrected chi connectivity index (χ1v) is 6.47. The number of allylic oxidation sites excluding steroid dienone is 3. The average Bonchev–Trinajstić information content (AvgIpc) is 2.70. The van der Waals surface area contributed by atoms with E-state index in [0.717, 1.165) is 11.1 Å². The number of fused-ring (bicyclic) bond motifs is 1. The Kier molecular flexibility index (Phi) is 3.95. The van der Waals surface area contributed by atoms with Crippen LogP contribution in [0.25, 0.3) is 5.57 Å². The van der Waals surface area contributed by atoms with Gasteiger partial charge in [0.15, 0.2) is 5.78 Å². The van der Waals surface area contributed by atoms with E-state index < -0.39 is 0 Å². The van der Waals surface area contributed by atoms with Crippen LogP contribution in [0, 0.1) is 0 Å². The number of likely N-dealkylation sites (N-methyl/N-ethyl adjacent to an activating group) is 1. The van der Waals surface area contributed by atoms with Crippen LogP contribution in [0.15, 0.2) is 42.0 Å². The van der Waals surface area contributed by atoms with Crippen LogP contribution < -0.4 is 5.32 Å². The molecule has 1 N–H and O–H groups in total. The molecule has 0 fully saturated rings. The summed E-state index contributed by atoms with van der Waals surface area (Å²) in [4.78, 5) is 24.4. The molecule has 2 rings (SSSR count). The van der Waals surface area contributed by atoms with Crippen LogP contribution in [0.3, 0.4) is 0 Å². The van der Waals surface area contributed by atoms with Gasteiger partial charge in [0.25, 0.3) is 5.91 Å². The van der Waals surface area contributed by atoms with Gasteiger partial charge in [0.1, 0.15) is 0 Å². The lowest BCUT2D eigenvalue weighted by atomic mass is 10.0. The normalized spacial score (nSPS) is 14.1. The molecule has 98 valence electrons. The van der Waals surface area contributed by atoms with E-state index in [1.807, 2.05) is 44.2 Å². The van der Waals surface area contributed by atoms with E-state index in [0.29, 0.717) is 24.1 Å². The summed E-state index contributed by atoms with van der Waals surface area (Å²) in [6, 6.07) is 7.39. The highest BCUT2D eigenvalue weighted by atomic mass is 16.2. The molecule has 0 aromatic heterocycles. The van der Waals surface area contributed by atoms with E-state index in [1.54, 1.807) is 6.07 Å². The van der Waals surface area contributed by atoms with Crippen molar-refractivity contribution in [1.82, 2.24) is 5.32 Å². The van der Waals surface area contributed by atoms with Crippen LogP contribution in [0.2, 0.25) is 0 Å². The molecule has 0 bridgehead atoms. The lowest BCUT2D eigenvalue weighted by molar-refractivity contribution is -0.117. The zero-order valence-electron chi connectivity index (χ0n) is 11.2. The zero-order valence-corrected chi connectivity index (χ0v) is 11.2. The van der Waals surface area contributed by atoms with Gasteiger partial charge in [-0.15, -0.1) is 0 Å². The quantitative estimate of drug-likeness (QED) is 0.664. The van der Waals surface area contributed by atoms with Crippen molar-refractivity contribution >= 4 is 17.3 Å². The fourth-order valence-corrected chi connectivity index (χ4v) is 2.29. The van der Waals surface area contributed by atoms with Crippen molar-refractivity contribution in [3.63, 3.8) is 0 Å². The van der Waals surface area contributed by atoms with Crippen molar-refractivity contribution in [2.75, 3.05) is 6.54 Å². The Morgan fingerprint density at radius 3 is 2.58 bits per heavy atom. The fraction of sp³-hybridized carbons (Fsp3) is 0.250. The van der Waals surface area contributed by atoms with Crippen LogP contribution in [0.4, 0.5) is 0 Å². The zero-order chi connectivity index (χ0) is 13.8. The van der Waals surface area contributed by atoms with Gasteiger partial charge in [-0.05, 0) is 31.4 Å². The Labute approximate surface area is 113 Å². The molecule has 0 atom stereocenters.